The lowest BCUT2D eigenvalue weighted by molar-refractivity contribution is -0.130. The summed E-state index contributed by atoms with van der Waals surface area (Å²) in [5, 5.41) is 3.45. The van der Waals surface area contributed by atoms with Gasteiger partial charge in [-0.3, -0.25) is 19.1 Å². The first kappa shape index (κ1) is 20.8. The summed E-state index contributed by atoms with van der Waals surface area (Å²) in [6.45, 7) is 1.45. The Morgan fingerprint density at radius 3 is 2.65 bits per heavy atom. The van der Waals surface area contributed by atoms with Crippen molar-refractivity contribution in [2.24, 2.45) is 7.05 Å². The lowest BCUT2D eigenvalue weighted by Gasteiger charge is -2.21. The summed E-state index contributed by atoms with van der Waals surface area (Å²) < 4.78 is 1.54. The van der Waals surface area contributed by atoms with Crippen molar-refractivity contribution in [1.29, 1.82) is 0 Å². The van der Waals surface area contributed by atoms with Gasteiger partial charge in [0.2, 0.25) is 11.9 Å². The van der Waals surface area contributed by atoms with Gasteiger partial charge in [-0.15, -0.1) is 0 Å². The minimum absolute atomic E-state index is 0.113. The zero-order valence-electron chi connectivity index (χ0n) is 17.7. The van der Waals surface area contributed by atoms with E-state index in [0.29, 0.717) is 24.6 Å². The quantitative estimate of drug-likeness (QED) is 0.691. The molecule has 0 radical (unpaired) electrons. The maximum Gasteiger partial charge on any atom is 0.255 e. The Labute approximate surface area is 181 Å². The standard InChI is InChI=1S/C24H27N5O2/c1-28-22(30)17-21(19-9-12-25-13-10-19)27-24(28)26-20-8-5-14-29(15-11-20)23(31)16-18-6-3-2-4-7-18/h2-4,6-7,9-10,12-13,17,20H,5,8,11,14-16H2,1H3,(H,26,27). The number of rotatable bonds is 5. The van der Waals surface area contributed by atoms with Gasteiger partial charge in [0, 0.05) is 50.2 Å². The van der Waals surface area contributed by atoms with Gasteiger partial charge in [-0.25, -0.2) is 4.98 Å². The van der Waals surface area contributed by atoms with Gasteiger partial charge in [0.05, 0.1) is 12.1 Å². The number of hydrogen-bond acceptors (Lipinski definition) is 5. The molecule has 1 unspecified atom stereocenters. The highest BCUT2D eigenvalue weighted by Gasteiger charge is 2.22. The van der Waals surface area contributed by atoms with E-state index in [4.69, 9.17) is 0 Å². The number of carbonyl (C=O) groups is 1. The van der Waals surface area contributed by atoms with E-state index in [1.54, 1.807) is 19.4 Å². The summed E-state index contributed by atoms with van der Waals surface area (Å²) in [6, 6.07) is 15.2. The second-order valence-electron chi connectivity index (χ2n) is 7.91. The van der Waals surface area contributed by atoms with Crippen LogP contribution < -0.4 is 10.9 Å². The Bertz CT molecular complexity index is 1080. The van der Waals surface area contributed by atoms with Gasteiger partial charge in [-0.05, 0) is 37.0 Å². The van der Waals surface area contributed by atoms with Crippen LogP contribution in [0, 0.1) is 0 Å². The number of benzene rings is 1. The van der Waals surface area contributed by atoms with E-state index >= 15 is 0 Å². The number of nitrogens with zero attached hydrogens (tertiary/aromatic N) is 4. The molecule has 160 valence electrons. The van der Waals surface area contributed by atoms with Crippen LogP contribution in [0.15, 0.2) is 65.7 Å². The lowest BCUT2D eigenvalue weighted by atomic mass is 10.1. The van der Waals surface area contributed by atoms with Crippen LogP contribution in [-0.4, -0.2) is 44.5 Å². The third kappa shape index (κ3) is 5.17. The second kappa shape index (κ2) is 9.55. The highest BCUT2D eigenvalue weighted by molar-refractivity contribution is 5.78. The van der Waals surface area contributed by atoms with Crippen LogP contribution in [0.1, 0.15) is 24.8 Å². The summed E-state index contributed by atoms with van der Waals surface area (Å²) in [7, 11) is 1.72. The zero-order chi connectivity index (χ0) is 21.6. The van der Waals surface area contributed by atoms with Gasteiger partial charge < -0.3 is 10.2 Å². The maximum absolute atomic E-state index is 12.7. The van der Waals surface area contributed by atoms with Crippen molar-refractivity contribution in [2.45, 2.75) is 31.7 Å². The smallest absolute Gasteiger partial charge is 0.255 e. The maximum atomic E-state index is 12.7. The predicted molar refractivity (Wildman–Crippen MR) is 121 cm³/mol. The molecule has 7 heteroatoms. The summed E-state index contributed by atoms with van der Waals surface area (Å²) in [6.07, 6.45) is 6.46. The number of aromatic nitrogens is 3. The molecule has 2 aromatic heterocycles. The topological polar surface area (TPSA) is 80.1 Å². The Morgan fingerprint density at radius 2 is 1.87 bits per heavy atom. The van der Waals surface area contributed by atoms with Crippen LogP contribution in [0.5, 0.6) is 0 Å². The molecule has 31 heavy (non-hydrogen) atoms. The first-order valence-corrected chi connectivity index (χ1v) is 10.7. The SMILES string of the molecule is Cn1c(NC2CCCN(C(=O)Cc3ccccc3)CC2)nc(-c2ccncc2)cc1=O. The molecule has 0 aliphatic carbocycles. The Balaban J connectivity index is 1.43. The molecule has 1 amide bonds. The van der Waals surface area contributed by atoms with Crippen molar-refractivity contribution in [3.8, 4) is 11.3 Å². The summed E-state index contributed by atoms with van der Waals surface area (Å²) in [4.78, 5) is 35.9. The van der Waals surface area contributed by atoms with E-state index in [1.165, 1.54) is 10.6 Å². The Hall–Kier alpha value is -3.48. The highest BCUT2D eigenvalue weighted by atomic mass is 16.2. The first-order chi connectivity index (χ1) is 15.1. The van der Waals surface area contributed by atoms with Crippen LogP contribution in [-0.2, 0) is 18.3 Å². The number of amides is 1. The average Bonchev–Trinajstić information content (AvgIpc) is 3.04. The third-order valence-electron chi connectivity index (χ3n) is 5.72. The molecule has 3 aromatic rings. The molecule has 1 fully saturated rings. The van der Waals surface area contributed by atoms with E-state index in [-0.39, 0.29) is 17.5 Å². The van der Waals surface area contributed by atoms with Crippen LogP contribution in [0.25, 0.3) is 11.3 Å². The van der Waals surface area contributed by atoms with Crippen molar-refractivity contribution in [3.05, 3.63) is 76.8 Å². The van der Waals surface area contributed by atoms with Gasteiger partial charge in [-0.2, -0.15) is 0 Å². The first-order valence-electron chi connectivity index (χ1n) is 10.7. The number of likely N-dealkylation sites (tertiary alicyclic amines) is 1. The number of carbonyl (C=O) groups excluding carboxylic acids is 1. The van der Waals surface area contributed by atoms with Gasteiger partial charge >= 0.3 is 0 Å². The molecule has 1 aliphatic heterocycles. The Morgan fingerprint density at radius 1 is 1.10 bits per heavy atom. The van der Waals surface area contributed by atoms with E-state index < -0.39 is 0 Å². The van der Waals surface area contributed by atoms with Gasteiger partial charge in [0.1, 0.15) is 0 Å². The number of anilines is 1. The van der Waals surface area contributed by atoms with Gasteiger partial charge in [0.25, 0.3) is 5.56 Å². The fourth-order valence-corrected chi connectivity index (χ4v) is 3.89. The van der Waals surface area contributed by atoms with Crippen LogP contribution >= 0.6 is 0 Å². The van der Waals surface area contributed by atoms with Crippen molar-refractivity contribution in [1.82, 2.24) is 19.4 Å². The number of nitrogens with one attached hydrogen (secondary N) is 1. The summed E-state index contributed by atoms with van der Waals surface area (Å²) in [5.41, 5.74) is 2.41. The lowest BCUT2D eigenvalue weighted by Crippen LogP contribution is -2.34. The van der Waals surface area contributed by atoms with Crippen molar-refractivity contribution < 1.29 is 4.79 Å². The molecule has 3 heterocycles. The molecule has 1 saturated heterocycles. The molecule has 1 atom stereocenters. The van der Waals surface area contributed by atoms with Crippen LogP contribution in [0.4, 0.5) is 5.95 Å². The van der Waals surface area contributed by atoms with Crippen LogP contribution in [0.3, 0.4) is 0 Å². The average molecular weight is 418 g/mol. The summed E-state index contributed by atoms with van der Waals surface area (Å²) in [5.74, 6) is 0.713. The van der Waals surface area contributed by atoms with E-state index in [0.717, 1.165) is 36.9 Å². The van der Waals surface area contributed by atoms with E-state index in [1.807, 2.05) is 47.4 Å². The minimum Gasteiger partial charge on any atom is -0.353 e. The molecule has 0 saturated carbocycles. The minimum atomic E-state index is -0.113. The monoisotopic (exact) mass is 417 g/mol. The van der Waals surface area contributed by atoms with Gasteiger partial charge in [-0.1, -0.05) is 30.3 Å². The molecule has 4 rings (SSSR count). The number of hydrogen-bond donors (Lipinski definition) is 1. The van der Waals surface area contributed by atoms with Crippen molar-refractivity contribution in [2.75, 3.05) is 18.4 Å². The van der Waals surface area contributed by atoms with E-state index in [2.05, 4.69) is 15.3 Å². The third-order valence-corrected chi connectivity index (χ3v) is 5.72. The molecule has 0 bridgehead atoms. The second-order valence-corrected chi connectivity index (χ2v) is 7.91. The molecule has 1 aromatic carbocycles. The Kier molecular flexibility index (Phi) is 6.40. The van der Waals surface area contributed by atoms with Crippen molar-refractivity contribution in [3.63, 3.8) is 0 Å². The van der Waals surface area contributed by atoms with E-state index in [9.17, 15) is 9.59 Å². The van der Waals surface area contributed by atoms with Gasteiger partial charge in [0.15, 0.2) is 0 Å². The van der Waals surface area contributed by atoms with Crippen molar-refractivity contribution >= 4 is 11.9 Å². The molecule has 1 aliphatic rings. The molecule has 0 spiro atoms. The molecular weight excluding hydrogens is 390 g/mol. The predicted octanol–water partition coefficient (Wildman–Crippen LogP) is 2.88. The largest absolute Gasteiger partial charge is 0.353 e. The zero-order valence-corrected chi connectivity index (χ0v) is 17.7. The summed E-state index contributed by atoms with van der Waals surface area (Å²) >= 11 is 0. The fraction of sp³-hybridized carbons (Fsp3) is 0.333. The molecule has 1 N–H and O–H groups in total. The van der Waals surface area contributed by atoms with Crippen LogP contribution in [0.2, 0.25) is 0 Å². The fourth-order valence-electron chi connectivity index (χ4n) is 3.89. The molecule has 7 nitrogen and oxygen atoms in total. The molecular formula is C24H27N5O2. The number of pyridine rings is 1. The normalized spacial score (nSPS) is 16.5. The highest BCUT2D eigenvalue weighted by Crippen LogP contribution is 2.19.